The van der Waals surface area contributed by atoms with E-state index in [1.807, 2.05) is 27.7 Å². The standard InChI is InChI=1S/2C8H18O2/c2*1-4-8(5-2,6-9)7(3)10/h2*7,9-10H,4-6H2,1-3H3. The van der Waals surface area contributed by atoms with Crippen LogP contribution in [0.2, 0.25) is 0 Å². The molecule has 4 nitrogen and oxygen atoms in total. The van der Waals surface area contributed by atoms with Gasteiger partial charge in [0, 0.05) is 10.8 Å². The van der Waals surface area contributed by atoms with Crippen LogP contribution in [0.25, 0.3) is 0 Å². The summed E-state index contributed by atoms with van der Waals surface area (Å²) in [4.78, 5) is 0. The molecule has 0 rings (SSSR count). The zero-order chi connectivity index (χ0) is 16.4. The molecule has 2 atom stereocenters. The first-order chi connectivity index (χ1) is 9.25. The molecule has 0 bridgehead atoms. The Bertz CT molecular complexity index is 178. The van der Waals surface area contributed by atoms with Gasteiger partial charge < -0.3 is 20.4 Å². The monoisotopic (exact) mass is 292 g/mol. The zero-order valence-electron chi connectivity index (χ0n) is 14.2. The third-order valence-electron chi connectivity index (χ3n) is 5.22. The van der Waals surface area contributed by atoms with Crippen molar-refractivity contribution in [3.8, 4) is 0 Å². The minimum atomic E-state index is -0.410. The highest BCUT2D eigenvalue weighted by atomic mass is 16.3. The van der Waals surface area contributed by atoms with Crippen molar-refractivity contribution >= 4 is 0 Å². The average molecular weight is 292 g/mol. The molecule has 0 saturated heterocycles. The Hall–Kier alpha value is -0.160. The van der Waals surface area contributed by atoms with Crippen molar-refractivity contribution in [3.05, 3.63) is 0 Å². The number of hydrogen-bond acceptors (Lipinski definition) is 4. The fourth-order valence-corrected chi connectivity index (χ4v) is 2.39. The summed E-state index contributed by atoms with van der Waals surface area (Å²) in [6.45, 7) is 11.6. The fourth-order valence-electron chi connectivity index (χ4n) is 2.39. The van der Waals surface area contributed by atoms with E-state index >= 15 is 0 Å². The normalized spacial score (nSPS) is 15.3. The summed E-state index contributed by atoms with van der Waals surface area (Å²) < 4.78 is 0. The van der Waals surface area contributed by atoms with Crippen LogP contribution < -0.4 is 0 Å². The molecular formula is C16H36O4. The van der Waals surface area contributed by atoms with Crippen LogP contribution in [0.15, 0.2) is 0 Å². The lowest BCUT2D eigenvalue weighted by molar-refractivity contribution is -0.0127. The summed E-state index contributed by atoms with van der Waals surface area (Å²) in [5.41, 5.74) is -0.528. The van der Waals surface area contributed by atoms with Crippen LogP contribution in [-0.2, 0) is 0 Å². The van der Waals surface area contributed by atoms with Crippen LogP contribution in [0.4, 0.5) is 0 Å². The van der Waals surface area contributed by atoms with Gasteiger partial charge in [0.15, 0.2) is 0 Å². The van der Waals surface area contributed by atoms with E-state index in [1.54, 1.807) is 13.8 Å². The number of aliphatic hydroxyl groups is 4. The van der Waals surface area contributed by atoms with Gasteiger partial charge in [0.1, 0.15) is 0 Å². The van der Waals surface area contributed by atoms with E-state index in [4.69, 9.17) is 10.2 Å². The second kappa shape index (κ2) is 10.6. The molecule has 0 aromatic heterocycles. The van der Waals surface area contributed by atoms with Crippen LogP contribution in [-0.4, -0.2) is 45.8 Å². The highest BCUT2D eigenvalue weighted by molar-refractivity contribution is 4.81. The number of rotatable bonds is 8. The van der Waals surface area contributed by atoms with Crippen LogP contribution in [0, 0.1) is 10.8 Å². The summed E-state index contributed by atoms with van der Waals surface area (Å²) in [5.74, 6) is 0. The van der Waals surface area contributed by atoms with E-state index < -0.39 is 12.2 Å². The molecule has 0 aliphatic carbocycles. The van der Waals surface area contributed by atoms with Gasteiger partial charge in [0.25, 0.3) is 0 Å². The van der Waals surface area contributed by atoms with E-state index in [0.717, 1.165) is 25.7 Å². The number of hydrogen-bond donors (Lipinski definition) is 4. The van der Waals surface area contributed by atoms with Crippen LogP contribution in [0.3, 0.4) is 0 Å². The lowest BCUT2D eigenvalue weighted by Crippen LogP contribution is -2.35. The van der Waals surface area contributed by atoms with Crippen molar-refractivity contribution < 1.29 is 20.4 Å². The maximum Gasteiger partial charge on any atom is 0.0590 e. The van der Waals surface area contributed by atoms with Crippen molar-refractivity contribution in [1.82, 2.24) is 0 Å². The Morgan fingerprint density at radius 1 is 0.650 bits per heavy atom. The van der Waals surface area contributed by atoms with E-state index in [1.165, 1.54) is 0 Å². The Labute approximate surface area is 124 Å². The molecule has 2 unspecified atom stereocenters. The molecule has 20 heavy (non-hydrogen) atoms. The molecule has 0 aliphatic rings. The molecular weight excluding hydrogens is 256 g/mol. The predicted octanol–water partition coefficient (Wildman–Crippen LogP) is 2.33. The minimum absolute atomic E-state index is 0.0810. The van der Waals surface area contributed by atoms with Crippen LogP contribution >= 0.6 is 0 Å². The third kappa shape index (κ3) is 5.68. The largest absolute Gasteiger partial charge is 0.396 e. The molecule has 0 radical (unpaired) electrons. The van der Waals surface area contributed by atoms with Crippen molar-refractivity contribution in [2.75, 3.05) is 13.2 Å². The lowest BCUT2D eigenvalue weighted by atomic mass is 9.79. The molecule has 0 aliphatic heterocycles. The fraction of sp³-hybridized carbons (Fsp3) is 1.00. The third-order valence-corrected chi connectivity index (χ3v) is 5.22. The molecule has 0 amide bonds. The lowest BCUT2D eigenvalue weighted by Gasteiger charge is -2.32. The second-order valence-electron chi connectivity index (χ2n) is 5.81. The van der Waals surface area contributed by atoms with Gasteiger partial charge in [-0.15, -0.1) is 0 Å². The van der Waals surface area contributed by atoms with E-state index in [9.17, 15) is 10.2 Å². The van der Waals surface area contributed by atoms with Gasteiger partial charge in [-0.3, -0.25) is 0 Å². The van der Waals surface area contributed by atoms with Gasteiger partial charge in [-0.25, -0.2) is 0 Å². The predicted molar refractivity (Wildman–Crippen MR) is 83.6 cm³/mol. The molecule has 0 saturated carbocycles. The molecule has 0 aromatic rings. The van der Waals surface area contributed by atoms with Crippen molar-refractivity contribution in [1.29, 1.82) is 0 Å². The molecule has 0 spiro atoms. The molecule has 0 fully saturated rings. The Balaban J connectivity index is 0. The summed E-state index contributed by atoms with van der Waals surface area (Å²) in [6.07, 6.45) is 2.50. The minimum Gasteiger partial charge on any atom is -0.396 e. The summed E-state index contributed by atoms with van der Waals surface area (Å²) in [6, 6.07) is 0. The molecule has 124 valence electrons. The van der Waals surface area contributed by atoms with Gasteiger partial charge in [-0.2, -0.15) is 0 Å². The molecule has 0 heterocycles. The second-order valence-corrected chi connectivity index (χ2v) is 5.81. The Kier molecular flexibility index (Phi) is 11.7. The number of aliphatic hydroxyl groups excluding tert-OH is 4. The van der Waals surface area contributed by atoms with E-state index in [-0.39, 0.29) is 24.0 Å². The van der Waals surface area contributed by atoms with Crippen molar-refractivity contribution in [2.24, 2.45) is 10.8 Å². The molecule has 0 aromatic carbocycles. The smallest absolute Gasteiger partial charge is 0.0590 e. The average Bonchev–Trinajstić information content (AvgIpc) is 2.44. The summed E-state index contributed by atoms with van der Waals surface area (Å²) in [7, 11) is 0. The Morgan fingerprint density at radius 2 is 0.850 bits per heavy atom. The first-order valence-corrected chi connectivity index (χ1v) is 7.83. The first kappa shape index (κ1) is 22.1. The summed E-state index contributed by atoms with van der Waals surface area (Å²) >= 11 is 0. The van der Waals surface area contributed by atoms with Crippen LogP contribution in [0.1, 0.15) is 67.2 Å². The van der Waals surface area contributed by atoms with Gasteiger partial charge in [-0.1, -0.05) is 27.7 Å². The maximum atomic E-state index is 9.30. The zero-order valence-corrected chi connectivity index (χ0v) is 14.2. The SMILES string of the molecule is CCC(CC)(CO)C(C)O.CCC(CC)(CO)C(C)O. The highest BCUT2D eigenvalue weighted by Gasteiger charge is 2.31. The van der Waals surface area contributed by atoms with Gasteiger partial charge in [-0.05, 0) is 39.5 Å². The van der Waals surface area contributed by atoms with E-state index in [0.29, 0.717) is 0 Å². The van der Waals surface area contributed by atoms with Crippen LogP contribution in [0.5, 0.6) is 0 Å². The quantitative estimate of drug-likeness (QED) is 0.553. The Morgan fingerprint density at radius 3 is 0.850 bits per heavy atom. The maximum absolute atomic E-state index is 9.30. The van der Waals surface area contributed by atoms with Gasteiger partial charge >= 0.3 is 0 Å². The highest BCUT2D eigenvalue weighted by Crippen LogP contribution is 2.30. The van der Waals surface area contributed by atoms with Gasteiger partial charge in [0.05, 0.1) is 25.4 Å². The van der Waals surface area contributed by atoms with Crippen molar-refractivity contribution in [2.45, 2.75) is 79.4 Å². The molecule has 4 heteroatoms. The summed E-state index contributed by atoms with van der Waals surface area (Å²) in [5, 5.41) is 36.6. The first-order valence-electron chi connectivity index (χ1n) is 7.83. The van der Waals surface area contributed by atoms with E-state index in [2.05, 4.69) is 0 Å². The topological polar surface area (TPSA) is 80.9 Å². The molecule has 4 N–H and O–H groups in total. The van der Waals surface area contributed by atoms with Crippen molar-refractivity contribution in [3.63, 3.8) is 0 Å². The van der Waals surface area contributed by atoms with Gasteiger partial charge in [0.2, 0.25) is 0 Å².